The second-order valence-corrected chi connectivity index (χ2v) is 2.55. The van der Waals surface area contributed by atoms with Crippen molar-refractivity contribution in [3.63, 3.8) is 0 Å². The van der Waals surface area contributed by atoms with Gasteiger partial charge in [0.1, 0.15) is 0 Å². The largest absolute Gasteiger partial charge is 0.317 e. The molecule has 0 aliphatic carbocycles. The van der Waals surface area contributed by atoms with Gasteiger partial charge in [-0.3, -0.25) is 0 Å². The third-order valence-corrected chi connectivity index (χ3v) is 1.50. The molecular formula is C2H6N2S2. The summed E-state index contributed by atoms with van der Waals surface area (Å²) in [4.78, 5) is 0. The van der Waals surface area contributed by atoms with E-state index in [0.29, 0.717) is 0 Å². The van der Waals surface area contributed by atoms with Crippen molar-refractivity contribution in [2.45, 2.75) is 0 Å². The first-order valence-corrected chi connectivity index (χ1v) is 3.58. The molecule has 4 N–H and O–H groups in total. The Kier molecular flexibility index (Phi) is 6.20. The minimum absolute atomic E-state index is 1.40. The molecule has 0 aliphatic heterocycles. The molecule has 4 heteroatoms. The Morgan fingerprint density at radius 3 is 1.50 bits per heavy atom. The van der Waals surface area contributed by atoms with Crippen molar-refractivity contribution in [3.05, 3.63) is 11.8 Å². The molecule has 0 aliphatic rings. The lowest BCUT2D eigenvalue weighted by atomic mass is 11.6. The summed E-state index contributed by atoms with van der Waals surface area (Å²) in [5, 5.41) is 0. The SMILES string of the molecule is N[CH]SS[CH]N. The molecule has 0 spiro atoms. The predicted octanol–water partition coefficient (Wildman–Crippen LogP) is 0.524. The molecule has 0 rings (SSSR count). The predicted molar refractivity (Wildman–Crippen MR) is 32.2 cm³/mol. The third-order valence-electron chi connectivity index (χ3n) is 0.167. The van der Waals surface area contributed by atoms with Crippen molar-refractivity contribution in [2.75, 3.05) is 0 Å². The highest BCUT2D eigenvalue weighted by molar-refractivity contribution is 8.78. The average Bonchev–Trinajstić information content (AvgIpc) is 1.61. The summed E-state index contributed by atoms with van der Waals surface area (Å²) < 4.78 is 0. The summed E-state index contributed by atoms with van der Waals surface area (Å²) >= 11 is 0. The summed E-state index contributed by atoms with van der Waals surface area (Å²) in [6, 6.07) is 0. The zero-order valence-corrected chi connectivity index (χ0v) is 4.76. The van der Waals surface area contributed by atoms with Crippen LogP contribution in [0.2, 0.25) is 0 Å². The van der Waals surface area contributed by atoms with Crippen LogP contribution in [0, 0.1) is 11.8 Å². The molecule has 0 saturated carbocycles. The fraction of sp³-hybridized carbons (Fsp3) is 0. The Balaban J connectivity index is 2.34. The zero-order valence-electron chi connectivity index (χ0n) is 3.13. The van der Waals surface area contributed by atoms with Gasteiger partial charge in [-0.25, -0.2) is 0 Å². The van der Waals surface area contributed by atoms with Gasteiger partial charge in [0.15, 0.2) is 0 Å². The first-order valence-electron chi connectivity index (χ1n) is 1.30. The van der Waals surface area contributed by atoms with Crippen LogP contribution in [0.1, 0.15) is 0 Å². The van der Waals surface area contributed by atoms with E-state index in [1.165, 1.54) is 33.3 Å². The Hall–Kier alpha value is 0.620. The minimum atomic E-state index is 1.40. The fourth-order valence-corrected chi connectivity index (χ4v) is 0.577. The Bertz CT molecular complexity index is 21.5. The van der Waals surface area contributed by atoms with Gasteiger partial charge in [0.2, 0.25) is 0 Å². The summed E-state index contributed by atoms with van der Waals surface area (Å²) in [6.07, 6.45) is 0. The van der Waals surface area contributed by atoms with Gasteiger partial charge >= 0.3 is 0 Å². The van der Waals surface area contributed by atoms with Crippen molar-refractivity contribution >= 4 is 21.6 Å². The second-order valence-electron chi connectivity index (χ2n) is 0.465. The highest BCUT2D eigenvalue weighted by atomic mass is 33.1. The molecule has 0 aromatic carbocycles. The number of rotatable bonds is 3. The van der Waals surface area contributed by atoms with Crippen LogP contribution in [0.5, 0.6) is 0 Å². The molecular weight excluding hydrogens is 116 g/mol. The summed E-state index contributed by atoms with van der Waals surface area (Å²) in [5.74, 6) is 2.96. The van der Waals surface area contributed by atoms with E-state index in [9.17, 15) is 0 Å². The van der Waals surface area contributed by atoms with E-state index in [1.807, 2.05) is 0 Å². The van der Waals surface area contributed by atoms with Gasteiger partial charge in [0.05, 0.1) is 11.8 Å². The van der Waals surface area contributed by atoms with Crippen molar-refractivity contribution in [1.29, 1.82) is 0 Å². The summed E-state index contributed by atoms with van der Waals surface area (Å²) in [5.41, 5.74) is 9.91. The van der Waals surface area contributed by atoms with E-state index in [2.05, 4.69) is 0 Å². The van der Waals surface area contributed by atoms with Gasteiger partial charge in [-0.2, -0.15) is 0 Å². The first-order chi connectivity index (χ1) is 2.91. The van der Waals surface area contributed by atoms with Gasteiger partial charge in [0.25, 0.3) is 0 Å². The second kappa shape index (κ2) is 5.62. The smallest absolute Gasteiger partial charge is 0.0869 e. The molecule has 6 heavy (non-hydrogen) atoms. The normalized spacial score (nSPS) is 9.00. The van der Waals surface area contributed by atoms with E-state index in [-0.39, 0.29) is 0 Å². The number of hydrogen-bond acceptors (Lipinski definition) is 4. The Morgan fingerprint density at radius 2 is 1.33 bits per heavy atom. The Labute approximate surface area is 45.4 Å². The van der Waals surface area contributed by atoms with Crippen molar-refractivity contribution < 1.29 is 0 Å². The van der Waals surface area contributed by atoms with Gasteiger partial charge in [0, 0.05) is 0 Å². The molecule has 0 aromatic heterocycles. The molecule has 2 nitrogen and oxygen atoms in total. The quantitative estimate of drug-likeness (QED) is 0.423. The van der Waals surface area contributed by atoms with Crippen LogP contribution in [0.4, 0.5) is 0 Å². The van der Waals surface area contributed by atoms with Crippen molar-refractivity contribution in [1.82, 2.24) is 0 Å². The minimum Gasteiger partial charge on any atom is -0.317 e. The maximum atomic E-state index is 4.96. The van der Waals surface area contributed by atoms with Crippen LogP contribution in [0.15, 0.2) is 0 Å². The van der Waals surface area contributed by atoms with E-state index in [4.69, 9.17) is 11.5 Å². The van der Waals surface area contributed by atoms with Crippen LogP contribution in [0.25, 0.3) is 0 Å². The molecule has 36 valence electrons. The third kappa shape index (κ3) is 4.62. The van der Waals surface area contributed by atoms with Crippen LogP contribution in [-0.4, -0.2) is 0 Å². The van der Waals surface area contributed by atoms with E-state index in [1.54, 1.807) is 0 Å². The molecule has 0 atom stereocenters. The van der Waals surface area contributed by atoms with Gasteiger partial charge in [-0.05, 0) is 0 Å². The molecule has 0 bridgehead atoms. The van der Waals surface area contributed by atoms with Crippen molar-refractivity contribution in [3.8, 4) is 0 Å². The molecule has 0 heterocycles. The van der Waals surface area contributed by atoms with Gasteiger partial charge < -0.3 is 11.5 Å². The first kappa shape index (κ1) is 6.62. The maximum Gasteiger partial charge on any atom is 0.0869 e. The zero-order chi connectivity index (χ0) is 4.83. The molecule has 0 aromatic rings. The number of hydrogen-bond donors (Lipinski definition) is 2. The monoisotopic (exact) mass is 122 g/mol. The van der Waals surface area contributed by atoms with Crippen molar-refractivity contribution in [2.24, 2.45) is 11.5 Å². The lowest BCUT2D eigenvalue weighted by Crippen LogP contribution is -1.83. The van der Waals surface area contributed by atoms with Crippen LogP contribution in [0.3, 0.4) is 0 Å². The Morgan fingerprint density at radius 1 is 1.00 bits per heavy atom. The summed E-state index contributed by atoms with van der Waals surface area (Å²) in [7, 11) is 2.79. The van der Waals surface area contributed by atoms with E-state index < -0.39 is 0 Å². The average molecular weight is 122 g/mol. The molecule has 0 fully saturated rings. The summed E-state index contributed by atoms with van der Waals surface area (Å²) in [6.45, 7) is 0. The van der Waals surface area contributed by atoms with Crippen LogP contribution >= 0.6 is 21.6 Å². The van der Waals surface area contributed by atoms with Gasteiger partial charge in [-0.15, -0.1) is 0 Å². The topological polar surface area (TPSA) is 52.0 Å². The van der Waals surface area contributed by atoms with Gasteiger partial charge in [-0.1, -0.05) is 21.6 Å². The lowest BCUT2D eigenvalue weighted by molar-refractivity contribution is 1.58. The molecule has 2 radical (unpaired) electrons. The standard InChI is InChI=1S/C2H6N2S2/c3-1-5-6-2-4/h1-2H,3-4H2. The maximum absolute atomic E-state index is 4.96. The molecule has 0 unspecified atom stereocenters. The van der Waals surface area contributed by atoms with E-state index >= 15 is 0 Å². The molecule has 0 amide bonds. The van der Waals surface area contributed by atoms with E-state index in [0.717, 1.165) is 0 Å². The number of nitrogens with two attached hydrogens (primary N) is 2. The van der Waals surface area contributed by atoms with Crippen LogP contribution < -0.4 is 11.5 Å². The highest BCUT2D eigenvalue weighted by Gasteiger charge is 1.77. The lowest BCUT2D eigenvalue weighted by Gasteiger charge is -1.85. The van der Waals surface area contributed by atoms with Crippen LogP contribution in [-0.2, 0) is 0 Å². The highest BCUT2D eigenvalue weighted by Crippen LogP contribution is 2.20. The fourth-order valence-electron chi connectivity index (χ4n) is 0.0642. The molecule has 0 saturated heterocycles.